The second-order valence-corrected chi connectivity index (χ2v) is 10.0. The summed E-state index contributed by atoms with van der Waals surface area (Å²) in [5.41, 5.74) is 3.18. The molecule has 0 fully saturated rings. The highest BCUT2D eigenvalue weighted by Gasteiger charge is 2.19. The molecule has 9 heteroatoms. The molecule has 0 bridgehead atoms. The summed E-state index contributed by atoms with van der Waals surface area (Å²) in [6.45, 7) is 4.09. The molecule has 0 radical (unpaired) electrons. The molecule has 0 aliphatic carbocycles. The van der Waals surface area contributed by atoms with Crippen molar-refractivity contribution >= 4 is 43.8 Å². The zero-order valence-electron chi connectivity index (χ0n) is 18.9. The number of ether oxygens (including phenoxy) is 2. The molecule has 0 saturated heterocycles. The third kappa shape index (κ3) is 6.45. The number of para-hydroxylation sites is 1. The fourth-order valence-corrected chi connectivity index (χ4v) is 4.96. The molecular formula is C25H26BrN2O5S+. The number of carbonyl (C=O) groups is 1. The molecule has 0 aliphatic rings. The van der Waals surface area contributed by atoms with Crippen LogP contribution in [0.15, 0.2) is 70.0 Å². The number of nitrogens with one attached hydrogen (secondary N) is 1. The van der Waals surface area contributed by atoms with Gasteiger partial charge in [0.1, 0.15) is 12.4 Å². The lowest BCUT2D eigenvalue weighted by Crippen LogP contribution is -2.31. The lowest BCUT2D eigenvalue weighted by molar-refractivity contribution is -0.142. The summed E-state index contributed by atoms with van der Waals surface area (Å²) in [5, 5.41) is 5.77. The standard InChI is InChI=1S/C25H25BrN2O5S/c1-3-32-25(29)14-19-6-4-5-7-24(19)33-16-18-12-22(26)21(15-27)23(13-18)28-34(30,31)20-10-8-17(2)9-11-20/h4-13,15,27-28H,3,14,16H2,1-2H3/p+1. The van der Waals surface area contributed by atoms with Gasteiger partial charge in [0.25, 0.3) is 10.0 Å². The molecule has 0 aliphatic heterocycles. The quantitative estimate of drug-likeness (QED) is 0.300. The van der Waals surface area contributed by atoms with Crippen LogP contribution >= 0.6 is 15.9 Å². The summed E-state index contributed by atoms with van der Waals surface area (Å²) < 4.78 is 40.1. The zero-order chi connectivity index (χ0) is 24.7. The van der Waals surface area contributed by atoms with E-state index in [1.165, 1.54) is 6.21 Å². The van der Waals surface area contributed by atoms with Gasteiger partial charge in [0.15, 0.2) is 6.21 Å². The molecule has 3 aromatic carbocycles. The molecule has 34 heavy (non-hydrogen) atoms. The number of halogens is 1. The van der Waals surface area contributed by atoms with E-state index in [0.717, 1.165) is 5.56 Å². The van der Waals surface area contributed by atoms with Crippen LogP contribution in [-0.4, -0.2) is 27.2 Å². The Morgan fingerprint density at radius 3 is 2.50 bits per heavy atom. The van der Waals surface area contributed by atoms with Crippen LogP contribution in [0.1, 0.15) is 29.2 Å². The topological polar surface area (TPSA) is 107 Å². The van der Waals surface area contributed by atoms with Gasteiger partial charge in [-0.05, 0) is 65.7 Å². The van der Waals surface area contributed by atoms with Crippen molar-refractivity contribution in [3.05, 3.63) is 87.4 Å². The monoisotopic (exact) mass is 545 g/mol. The van der Waals surface area contributed by atoms with Gasteiger partial charge < -0.3 is 9.47 Å². The molecule has 0 heterocycles. The molecule has 0 atom stereocenters. The van der Waals surface area contributed by atoms with Crippen molar-refractivity contribution in [2.45, 2.75) is 31.8 Å². The van der Waals surface area contributed by atoms with Gasteiger partial charge in [-0.3, -0.25) is 14.9 Å². The molecule has 3 aromatic rings. The number of aryl methyl sites for hydroxylation is 1. The first kappa shape index (κ1) is 25.5. The summed E-state index contributed by atoms with van der Waals surface area (Å²) in [6, 6.07) is 17.2. The van der Waals surface area contributed by atoms with E-state index in [1.54, 1.807) is 55.5 Å². The van der Waals surface area contributed by atoms with E-state index < -0.39 is 10.0 Å². The number of hydrogen-bond acceptors (Lipinski definition) is 5. The van der Waals surface area contributed by atoms with E-state index in [9.17, 15) is 13.2 Å². The van der Waals surface area contributed by atoms with E-state index in [0.29, 0.717) is 39.2 Å². The fraction of sp³-hybridized carbons (Fsp3) is 0.200. The SMILES string of the molecule is CCOC(=O)Cc1ccccc1OCc1cc(Br)c(C=[NH2+])c(NS(=O)(=O)c2ccc(C)cc2)c1. The summed E-state index contributed by atoms with van der Waals surface area (Å²) >= 11 is 3.46. The third-order valence-electron chi connectivity index (χ3n) is 4.94. The van der Waals surface area contributed by atoms with Crippen LogP contribution in [0.25, 0.3) is 0 Å². The van der Waals surface area contributed by atoms with Gasteiger partial charge in [-0.1, -0.05) is 35.9 Å². The Labute approximate surface area is 207 Å². The second kappa shape index (κ2) is 11.3. The fourth-order valence-electron chi connectivity index (χ4n) is 3.25. The van der Waals surface area contributed by atoms with E-state index in [2.05, 4.69) is 20.7 Å². The predicted molar refractivity (Wildman–Crippen MR) is 134 cm³/mol. The van der Waals surface area contributed by atoms with Crippen molar-refractivity contribution in [1.29, 1.82) is 0 Å². The van der Waals surface area contributed by atoms with Crippen LogP contribution in [-0.2, 0) is 32.6 Å². The first-order valence-corrected chi connectivity index (χ1v) is 12.8. The van der Waals surface area contributed by atoms with Crippen LogP contribution in [0.3, 0.4) is 0 Å². The first-order valence-electron chi connectivity index (χ1n) is 10.6. The Kier molecular flexibility index (Phi) is 8.46. The molecule has 0 aromatic heterocycles. The Bertz CT molecular complexity index is 1290. The number of carbonyl (C=O) groups excluding carboxylic acids is 1. The minimum Gasteiger partial charge on any atom is -0.489 e. The minimum atomic E-state index is -3.83. The smallest absolute Gasteiger partial charge is 0.310 e. The highest BCUT2D eigenvalue weighted by atomic mass is 79.9. The number of nitrogens with two attached hydrogens (primary N) is 1. The normalized spacial score (nSPS) is 11.0. The average Bonchev–Trinajstić information content (AvgIpc) is 2.78. The Morgan fingerprint density at radius 1 is 1.12 bits per heavy atom. The van der Waals surface area contributed by atoms with Gasteiger partial charge in [-0.2, -0.15) is 0 Å². The van der Waals surface area contributed by atoms with Gasteiger partial charge in [0.05, 0.1) is 29.2 Å². The number of anilines is 1. The number of rotatable bonds is 10. The first-order chi connectivity index (χ1) is 16.2. The van der Waals surface area contributed by atoms with Crippen molar-refractivity contribution in [1.82, 2.24) is 0 Å². The van der Waals surface area contributed by atoms with E-state index in [1.807, 2.05) is 19.1 Å². The van der Waals surface area contributed by atoms with Crippen LogP contribution in [0.5, 0.6) is 5.75 Å². The summed E-state index contributed by atoms with van der Waals surface area (Å²) in [5.74, 6) is 0.208. The van der Waals surface area contributed by atoms with Crippen LogP contribution in [0.4, 0.5) is 5.69 Å². The number of benzene rings is 3. The van der Waals surface area contributed by atoms with Crippen molar-refractivity contribution < 1.29 is 28.1 Å². The van der Waals surface area contributed by atoms with Crippen molar-refractivity contribution in [2.75, 3.05) is 11.3 Å². The lowest BCUT2D eigenvalue weighted by Gasteiger charge is -2.15. The molecule has 0 spiro atoms. The summed E-state index contributed by atoms with van der Waals surface area (Å²) in [7, 11) is -3.83. The Balaban J connectivity index is 1.84. The van der Waals surface area contributed by atoms with Crippen LogP contribution in [0, 0.1) is 6.92 Å². The van der Waals surface area contributed by atoms with E-state index in [-0.39, 0.29) is 23.9 Å². The highest BCUT2D eigenvalue weighted by molar-refractivity contribution is 9.10. The third-order valence-corrected chi connectivity index (χ3v) is 6.98. The summed E-state index contributed by atoms with van der Waals surface area (Å²) in [6.07, 6.45) is 1.42. The molecular weight excluding hydrogens is 520 g/mol. The van der Waals surface area contributed by atoms with Crippen LogP contribution in [0.2, 0.25) is 0 Å². The molecule has 0 saturated carbocycles. The maximum absolute atomic E-state index is 12.9. The Morgan fingerprint density at radius 2 is 1.82 bits per heavy atom. The second-order valence-electron chi connectivity index (χ2n) is 7.50. The summed E-state index contributed by atoms with van der Waals surface area (Å²) in [4.78, 5) is 12.0. The number of hydrogen-bond donors (Lipinski definition) is 2. The molecule has 7 nitrogen and oxygen atoms in total. The van der Waals surface area contributed by atoms with Crippen molar-refractivity contribution in [2.24, 2.45) is 0 Å². The van der Waals surface area contributed by atoms with Crippen LogP contribution < -0.4 is 14.9 Å². The van der Waals surface area contributed by atoms with Crippen molar-refractivity contribution in [3.8, 4) is 5.75 Å². The maximum atomic E-state index is 12.9. The highest BCUT2D eigenvalue weighted by Crippen LogP contribution is 2.29. The number of esters is 1. The van der Waals surface area contributed by atoms with E-state index >= 15 is 0 Å². The van der Waals surface area contributed by atoms with Gasteiger partial charge in [0.2, 0.25) is 0 Å². The molecule has 0 unspecified atom stereocenters. The zero-order valence-corrected chi connectivity index (χ0v) is 21.3. The average molecular weight is 546 g/mol. The minimum absolute atomic E-state index is 0.0936. The Hall–Kier alpha value is -3.17. The number of sulfonamides is 1. The maximum Gasteiger partial charge on any atom is 0.310 e. The lowest BCUT2D eigenvalue weighted by atomic mass is 10.1. The van der Waals surface area contributed by atoms with Gasteiger partial charge in [0, 0.05) is 10.0 Å². The molecule has 3 N–H and O–H groups in total. The largest absolute Gasteiger partial charge is 0.489 e. The van der Waals surface area contributed by atoms with E-state index in [4.69, 9.17) is 14.9 Å². The van der Waals surface area contributed by atoms with Gasteiger partial charge >= 0.3 is 5.97 Å². The van der Waals surface area contributed by atoms with Crippen molar-refractivity contribution in [3.63, 3.8) is 0 Å². The van der Waals surface area contributed by atoms with Gasteiger partial charge in [-0.15, -0.1) is 0 Å². The molecule has 178 valence electrons. The molecule has 3 rings (SSSR count). The van der Waals surface area contributed by atoms with Gasteiger partial charge in [-0.25, -0.2) is 8.42 Å². The molecule has 0 amide bonds. The predicted octanol–water partition coefficient (Wildman–Crippen LogP) is 3.42.